The highest BCUT2D eigenvalue weighted by atomic mass is 35.5. The van der Waals surface area contributed by atoms with Gasteiger partial charge in [0.05, 0.1) is 22.8 Å². The van der Waals surface area contributed by atoms with Gasteiger partial charge in [-0.3, -0.25) is 0 Å². The Labute approximate surface area is 152 Å². The number of benzene rings is 1. The van der Waals surface area contributed by atoms with Gasteiger partial charge in [-0.25, -0.2) is 0 Å². The van der Waals surface area contributed by atoms with E-state index in [0.717, 1.165) is 50.1 Å². The van der Waals surface area contributed by atoms with Gasteiger partial charge in [0.25, 0.3) is 0 Å². The number of hydrogen-bond donors (Lipinski definition) is 1. The highest BCUT2D eigenvalue weighted by molar-refractivity contribution is 6.39. The van der Waals surface area contributed by atoms with Gasteiger partial charge in [-0.15, -0.1) is 0 Å². The molecule has 1 saturated heterocycles. The molecular formula is C18H22Cl2N2O2. The highest BCUT2D eigenvalue weighted by Gasteiger charge is 2.22. The molecule has 0 saturated carbocycles. The van der Waals surface area contributed by atoms with Crippen LogP contribution in [-0.4, -0.2) is 24.4 Å². The number of nitrogens with one attached hydrogen (secondary N) is 1. The molecule has 1 aliphatic heterocycles. The summed E-state index contributed by atoms with van der Waals surface area (Å²) in [6.07, 6.45) is 4.24. The second-order valence-corrected chi connectivity index (χ2v) is 6.81. The third kappa shape index (κ3) is 3.94. The molecule has 0 radical (unpaired) electrons. The number of hydrogen-bond acceptors (Lipinski definition) is 4. The number of ether oxygens (including phenoxy) is 1. The Bertz CT molecular complexity index is 659. The van der Waals surface area contributed by atoms with Crippen LogP contribution in [0.2, 0.25) is 10.0 Å². The molecular weight excluding hydrogens is 347 g/mol. The van der Waals surface area contributed by atoms with Gasteiger partial charge in [0.1, 0.15) is 11.5 Å². The van der Waals surface area contributed by atoms with Crippen molar-refractivity contribution in [1.29, 1.82) is 0 Å². The lowest BCUT2D eigenvalue weighted by molar-refractivity contribution is 0.0326. The van der Waals surface area contributed by atoms with Crippen molar-refractivity contribution in [3.05, 3.63) is 39.6 Å². The number of aryl methyl sites for hydroxylation is 1. The Balaban J connectivity index is 1.85. The van der Waals surface area contributed by atoms with Gasteiger partial charge >= 0.3 is 0 Å². The SMILES string of the molecule is CCc1onc(-c2c(Cl)cccc2Cl)c1COC1CCCNCC1. The van der Waals surface area contributed by atoms with Gasteiger partial charge in [0, 0.05) is 17.5 Å². The molecule has 1 aromatic heterocycles. The van der Waals surface area contributed by atoms with E-state index >= 15 is 0 Å². The zero-order valence-corrected chi connectivity index (χ0v) is 15.3. The van der Waals surface area contributed by atoms with E-state index in [9.17, 15) is 0 Å². The van der Waals surface area contributed by atoms with Gasteiger partial charge in [0.15, 0.2) is 0 Å². The van der Waals surface area contributed by atoms with E-state index < -0.39 is 0 Å². The lowest BCUT2D eigenvalue weighted by Gasteiger charge is -2.15. The average Bonchev–Trinajstić information content (AvgIpc) is 2.79. The fourth-order valence-electron chi connectivity index (χ4n) is 3.05. The Hall–Kier alpha value is -1.07. The van der Waals surface area contributed by atoms with Crippen LogP contribution in [0.1, 0.15) is 37.5 Å². The van der Waals surface area contributed by atoms with E-state index in [1.54, 1.807) is 0 Å². The van der Waals surface area contributed by atoms with Crippen molar-refractivity contribution in [1.82, 2.24) is 10.5 Å². The first-order chi connectivity index (χ1) is 11.7. The van der Waals surface area contributed by atoms with Crippen LogP contribution in [0.4, 0.5) is 0 Å². The predicted octanol–water partition coefficient (Wildman–Crippen LogP) is 4.87. The predicted molar refractivity (Wildman–Crippen MR) is 96.6 cm³/mol. The second-order valence-electron chi connectivity index (χ2n) is 6.00. The smallest absolute Gasteiger partial charge is 0.142 e. The molecule has 1 aliphatic rings. The Morgan fingerprint density at radius 1 is 1.25 bits per heavy atom. The molecule has 1 atom stereocenters. The van der Waals surface area contributed by atoms with Gasteiger partial charge in [-0.1, -0.05) is 41.3 Å². The van der Waals surface area contributed by atoms with Crippen molar-refractivity contribution in [2.24, 2.45) is 0 Å². The van der Waals surface area contributed by atoms with Crippen molar-refractivity contribution < 1.29 is 9.26 Å². The van der Waals surface area contributed by atoms with E-state index in [4.69, 9.17) is 32.5 Å². The lowest BCUT2D eigenvalue weighted by Crippen LogP contribution is -2.17. The maximum atomic E-state index is 6.34. The van der Waals surface area contributed by atoms with Crippen molar-refractivity contribution in [3.63, 3.8) is 0 Å². The van der Waals surface area contributed by atoms with E-state index in [-0.39, 0.29) is 6.10 Å². The Morgan fingerprint density at radius 3 is 2.79 bits per heavy atom. The van der Waals surface area contributed by atoms with Crippen molar-refractivity contribution in [2.45, 2.75) is 45.3 Å². The van der Waals surface area contributed by atoms with E-state index in [1.807, 2.05) is 25.1 Å². The molecule has 0 aliphatic carbocycles. The van der Waals surface area contributed by atoms with Gasteiger partial charge in [-0.05, 0) is 44.5 Å². The molecule has 1 unspecified atom stereocenters. The maximum Gasteiger partial charge on any atom is 0.142 e. The Kier molecular flexibility index (Phi) is 6.17. The summed E-state index contributed by atoms with van der Waals surface area (Å²) in [6.45, 7) is 4.57. The average molecular weight is 369 g/mol. The largest absolute Gasteiger partial charge is 0.373 e. The molecule has 1 fully saturated rings. The molecule has 0 amide bonds. The quantitative estimate of drug-likeness (QED) is 0.817. The maximum absolute atomic E-state index is 6.34. The van der Waals surface area contributed by atoms with Crippen molar-refractivity contribution in [3.8, 4) is 11.3 Å². The number of nitrogens with zero attached hydrogens (tertiary/aromatic N) is 1. The minimum Gasteiger partial charge on any atom is -0.373 e. The lowest BCUT2D eigenvalue weighted by atomic mass is 10.1. The fourth-order valence-corrected chi connectivity index (χ4v) is 3.62. The molecule has 24 heavy (non-hydrogen) atoms. The highest BCUT2D eigenvalue weighted by Crippen LogP contribution is 2.37. The third-order valence-electron chi connectivity index (χ3n) is 4.38. The standard InChI is InChI=1S/C18H22Cl2N2O2/c1-2-16-13(11-23-12-5-4-9-21-10-8-12)18(22-24-16)17-14(19)6-3-7-15(17)20/h3,6-7,12,21H,2,4-5,8-11H2,1H3. The normalized spacial score (nSPS) is 18.5. The molecule has 0 spiro atoms. The topological polar surface area (TPSA) is 47.3 Å². The minimum absolute atomic E-state index is 0.258. The first-order valence-corrected chi connectivity index (χ1v) is 9.20. The molecule has 6 heteroatoms. The van der Waals surface area contributed by atoms with Crippen LogP contribution in [0.15, 0.2) is 22.7 Å². The minimum atomic E-state index is 0.258. The third-order valence-corrected chi connectivity index (χ3v) is 5.01. The van der Waals surface area contributed by atoms with Crippen LogP contribution in [-0.2, 0) is 17.8 Å². The number of halogens is 2. The number of aromatic nitrogens is 1. The summed E-state index contributed by atoms with van der Waals surface area (Å²) >= 11 is 12.7. The molecule has 2 aromatic rings. The molecule has 130 valence electrons. The summed E-state index contributed by atoms with van der Waals surface area (Å²) in [5.74, 6) is 0.827. The summed E-state index contributed by atoms with van der Waals surface area (Å²) in [5, 5.41) is 8.76. The molecule has 0 bridgehead atoms. The summed E-state index contributed by atoms with van der Waals surface area (Å²) in [5.41, 5.74) is 2.35. The van der Waals surface area contributed by atoms with E-state index in [0.29, 0.717) is 27.9 Å². The van der Waals surface area contributed by atoms with Crippen LogP contribution >= 0.6 is 23.2 Å². The molecule has 1 aromatic carbocycles. The molecule has 4 nitrogen and oxygen atoms in total. The zero-order valence-electron chi connectivity index (χ0n) is 13.8. The van der Waals surface area contributed by atoms with Crippen LogP contribution in [0.25, 0.3) is 11.3 Å². The van der Waals surface area contributed by atoms with Crippen LogP contribution in [0, 0.1) is 0 Å². The summed E-state index contributed by atoms with van der Waals surface area (Å²) in [7, 11) is 0. The summed E-state index contributed by atoms with van der Waals surface area (Å²) < 4.78 is 11.7. The van der Waals surface area contributed by atoms with E-state index in [2.05, 4.69) is 10.5 Å². The van der Waals surface area contributed by atoms with Crippen molar-refractivity contribution >= 4 is 23.2 Å². The fraction of sp³-hybridized carbons (Fsp3) is 0.500. The molecule has 3 rings (SSSR count). The first kappa shape index (κ1) is 17.7. The second kappa shape index (κ2) is 8.34. The van der Waals surface area contributed by atoms with Crippen LogP contribution in [0.5, 0.6) is 0 Å². The molecule has 2 heterocycles. The first-order valence-electron chi connectivity index (χ1n) is 8.44. The summed E-state index contributed by atoms with van der Waals surface area (Å²) in [4.78, 5) is 0. The van der Waals surface area contributed by atoms with Crippen LogP contribution < -0.4 is 5.32 Å². The monoisotopic (exact) mass is 368 g/mol. The molecule has 1 N–H and O–H groups in total. The number of rotatable bonds is 5. The van der Waals surface area contributed by atoms with Gasteiger partial charge < -0.3 is 14.6 Å². The zero-order chi connectivity index (χ0) is 16.9. The van der Waals surface area contributed by atoms with Crippen LogP contribution in [0.3, 0.4) is 0 Å². The van der Waals surface area contributed by atoms with Gasteiger partial charge in [-0.2, -0.15) is 0 Å². The van der Waals surface area contributed by atoms with E-state index in [1.165, 1.54) is 0 Å². The van der Waals surface area contributed by atoms with Crippen molar-refractivity contribution in [2.75, 3.05) is 13.1 Å². The van der Waals surface area contributed by atoms with Gasteiger partial charge in [0.2, 0.25) is 0 Å². The Morgan fingerprint density at radius 2 is 2.04 bits per heavy atom. The summed E-state index contributed by atoms with van der Waals surface area (Å²) in [6, 6.07) is 5.44.